The zero-order valence-electron chi connectivity index (χ0n) is 19.6. The van der Waals surface area contributed by atoms with Crippen molar-refractivity contribution >= 4 is 28.7 Å². The lowest BCUT2D eigenvalue weighted by molar-refractivity contribution is -0.120. The van der Waals surface area contributed by atoms with Crippen LogP contribution in [0.3, 0.4) is 0 Å². The summed E-state index contributed by atoms with van der Waals surface area (Å²) < 4.78 is 1.32. The number of thiophene rings is 1. The van der Waals surface area contributed by atoms with Gasteiger partial charge in [0.05, 0.1) is 13.1 Å². The first-order valence-electron chi connectivity index (χ1n) is 11.6. The molecule has 1 atom stereocenters. The van der Waals surface area contributed by atoms with E-state index in [1.54, 1.807) is 11.3 Å². The molecule has 3 N–H and O–H groups in total. The summed E-state index contributed by atoms with van der Waals surface area (Å²) >= 11 is 1.70. The van der Waals surface area contributed by atoms with Gasteiger partial charge in [0.15, 0.2) is 5.69 Å². The zero-order valence-corrected chi connectivity index (χ0v) is 20.4. The number of nitrogens with zero attached hydrogens (tertiary/aromatic N) is 3. The number of amides is 1. The van der Waals surface area contributed by atoms with Crippen molar-refractivity contribution in [3.05, 3.63) is 79.1 Å². The molecule has 1 saturated heterocycles. The first kappa shape index (κ1) is 24.0. The van der Waals surface area contributed by atoms with E-state index in [0.29, 0.717) is 6.54 Å². The molecule has 34 heavy (non-hydrogen) atoms. The van der Waals surface area contributed by atoms with Crippen LogP contribution in [0.4, 0.5) is 11.5 Å². The quantitative estimate of drug-likeness (QED) is 0.515. The molecular formula is C25H31N5O3S. The molecule has 4 rings (SSSR count). The minimum Gasteiger partial charge on any atom is -0.383 e. The molecule has 9 heteroatoms. The van der Waals surface area contributed by atoms with Gasteiger partial charge in [-0.2, -0.15) is 0 Å². The van der Waals surface area contributed by atoms with Gasteiger partial charge in [-0.3, -0.25) is 24.0 Å². The summed E-state index contributed by atoms with van der Waals surface area (Å²) in [6, 6.07) is 13.7. The van der Waals surface area contributed by atoms with Crippen LogP contribution in [0.2, 0.25) is 0 Å². The van der Waals surface area contributed by atoms with E-state index in [-0.39, 0.29) is 42.5 Å². The van der Waals surface area contributed by atoms with Gasteiger partial charge in [0.1, 0.15) is 5.82 Å². The first-order valence-corrected chi connectivity index (χ1v) is 12.5. The van der Waals surface area contributed by atoms with Crippen LogP contribution in [-0.2, 0) is 11.3 Å². The van der Waals surface area contributed by atoms with Crippen LogP contribution in [0.15, 0.2) is 57.4 Å². The number of nitrogens with two attached hydrogens (primary N) is 1. The Morgan fingerprint density at radius 2 is 1.97 bits per heavy atom. The van der Waals surface area contributed by atoms with Gasteiger partial charge in [-0.1, -0.05) is 50.2 Å². The first-order chi connectivity index (χ1) is 16.3. The van der Waals surface area contributed by atoms with Crippen LogP contribution in [0.1, 0.15) is 43.2 Å². The number of carbonyl (C=O) groups is 1. The summed E-state index contributed by atoms with van der Waals surface area (Å²) in [6.45, 7) is 5.50. The molecule has 0 spiro atoms. The molecule has 3 aromatic rings. The number of hydrogen-bond donors (Lipinski definition) is 2. The lowest BCUT2D eigenvalue weighted by Gasteiger charge is -2.30. The molecular weight excluding hydrogens is 450 g/mol. The van der Waals surface area contributed by atoms with Gasteiger partial charge in [-0.25, -0.2) is 4.79 Å². The molecule has 2 aromatic heterocycles. The van der Waals surface area contributed by atoms with Crippen molar-refractivity contribution in [2.75, 3.05) is 30.3 Å². The molecule has 0 saturated carbocycles. The van der Waals surface area contributed by atoms with Gasteiger partial charge < -0.3 is 10.6 Å². The van der Waals surface area contributed by atoms with Crippen LogP contribution < -0.4 is 21.9 Å². The Kier molecular flexibility index (Phi) is 7.33. The number of aromatic amines is 1. The Morgan fingerprint density at radius 3 is 2.65 bits per heavy atom. The monoisotopic (exact) mass is 481 g/mol. The molecule has 0 bridgehead atoms. The van der Waals surface area contributed by atoms with Crippen LogP contribution in [0.5, 0.6) is 0 Å². The molecule has 1 fully saturated rings. The number of benzene rings is 1. The standard InChI is InChI=1S/C25H31N5O3S/c1-17(2)14-29(21(31)16-28-12-6-10-19(28)20-11-7-13-34-20)22-23(26)30(25(33)27-24(22)32)15-18-8-4-3-5-9-18/h3-5,7-9,11,13,17,19H,6,10,12,14-16,26H2,1-2H3,(H,27,32,33). The Bertz CT molecular complexity index is 1230. The van der Waals surface area contributed by atoms with Crippen molar-refractivity contribution in [1.82, 2.24) is 14.5 Å². The molecule has 0 aliphatic carbocycles. The second kappa shape index (κ2) is 10.4. The molecule has 1 aromatic carbocycles. The van der Waals surface area contributed by atoms with Gasteiger partial charge in [-0.05, 0) is 42.3 Å². The fourth-order valence-electron chi connectivity index (χ4n) is 4.52. The normalized spacial score (nSPS) is 16.3. The Morgan fingerprint density at radius 1 is 1.21 bits per heavy atom. The van der Waals surface area contributed by atoms with Crippen molar-refractivity contribution in [2.24, 2.45) is 5.92 Å². The Balaban J connectivity index is 1.67. The maximum absolute atomic E-state index is 13.6. The fourth-order valence-corrected chi connectivity index (χ4v) is 5.42. The molecule has 1 aliphatic heterocycles. The Hall–Kier alpha value is -3.17. The highest BCUT2D eigenvalue weighted by molar-refractivity contribution is 7.10. The van der Waals surface area contributed by atoms with E-state index in [2.05, 4.69) is 21.3 Å². The second-order valence-electron chi connectivity index (χ2n) is 9.11. The predicted octanol–water partition coefficient (Wildman–Crippen LogP) is 3.05. The fraction of sp³-hybridized carbons (Fsp3) is 0.400. The number of carbonyl (C=O) groups excluding carboxylic acids is 1. The van der Waals surface area contributed by atoms with E-state index in [9.17, 15) is 14.4 Å². The largest absolute Gasteiger partial charge is 0.383 e. The lowest BCUT2D eigenvalue weighted by atomic mass is 10.1. The molecule has 1 amide bonds. The van der Waals surface area contributed by atoms with Gasteiger partial charge in [0.25, 0.3) is 5.56 Å². The number of nitrogen functional groups attached to an aromatic ring is 1. The molecule has 8 nitrogen and oxygen atoms in total. The molecule has 3 heterocycles. The minimum absolute atomic E-state index is 0.00262. The number of likely N-dealkylation sites (tertiary alicyclic amines) is 1. The van der Waals surface area contributed by atoms with E-state index in [1.165, 1.54) is 14.3 Å². The van der Waals surface area contributed by atoms with Crippen LogP contribution in [0.25, 0.3) is 0 Å². The highest BCUT2D eigenvalue weighted by Gasteiger charge is 2.32. The van der Waals surface area contributed by atoms with Crippen molar-refractivity contribution in [1.29, 1.82) is 0 Å². The highest BCUT2D eigenvalue weighted by atomic mass is 32.1. The summed E-state index contributed by atoms with van der Waals surface area (Å²) in [5.74, 6) is -0.0916. The van der Waals surface area contributed by atoms with Gasteiger partial charge in [-0.15, -0.1) is 11.3 Å². The number of anilines is 2. The lowest BCUT2D eigenvalue weighted by Crippen LogP contribution is -2.46. The van der Waals surface area contributed by atoms with E-state index in [1.807, 2.05) is 50.2 Å². The van der Waals surface area contributed by atoms with Gasteiger partial charge in [0, 0.05) is 17.5 Å². The average molecular weight is 482 g/mol. The molecule has 1 unspecified atom stereocenters. The summed E-state index contributed by atoms with van der Waals surface area (Å²) in [7, 11) is 0. The van der Waals surface area contributed by atoms with Crippen LogP contribution in [0, 0.1) is 5.92 Å². The minimum atomic E-state index is -0.642. The number of rotatable bonds is 8. The van der Waals surface area contributed by atoms with Gasteiger partial charge in [0.2, 0.25) is 5.91 Å². The summed E-state index contributed by atoms with van der Waals surface area (Å²) in [5.41, 5.74) is 6.07. The molecule has 0 radical (unpaired) electrons. The van der Waals surface area contributed by atoms with E-state index < -0.39 is 11.2 Å². The van der Waals surface area contributed by atoms with E-state index >= 15 is 0 Å². The third kappa shape index (κ3) is 5.15. The zero-order chi connectivity index (χ0) is 24.2. The van der Waals surface area contributed by atoms with Crippen molar-refractivity contribution in [3.8, 4) is 0 Å². The maximum Gasteiger partial charge on any atom is 0.330 e. The maximum atomic E-state index is 13.6. The second-order valence-corrected chi connectivity index (χ2v) is 10.1. The van der Waals surface area contributed by atoms with E-state index in [0.717, 1.165) is 24.9 Å². The number of hydrogen-bond acceptors (Lipinski definition) is 6. The van der Waals surface area contributed by atoms with Crippen molar-refractivity contribution in [2.45, 2.75) is 39.3 Å². The predicted molar refractivity (Wildman–Crippen MR) is 136 cm³/mol. The van der Waals surface area contributed by atoms with Gasteiger partial charge >= 0.3 is 5.69 Å². The molecule has 180 valence electrons. The number of aromatic nitrogens is 2. The topological polar surface area (TPSA) is 104 Å². The SMILES string of the molecule is CC(C)CN(C(=O)CN1CCCC1c1cccs1)c1c(N)n(Cc2ccccc2)c(=O)[nH]c1=O. The van der Waals surface area contributed by atoms with Crippen LogP contribution in [-0.4, -0.2) is 40.0 Å². The van der Waals surface area contributed by atoms with Crippen LogP contribution >= 0.6 is 11.3 Å². The highest BCUT2D eigenvalue weighted by Crippen LogP contribution is 2.34. The summed E-state index contributed by atoms with van der Waals surface area (Å²) in [5, 5.41) is 2.05. The third-order valence-electron chi connectivity index (χ3n) is 6.09. The number of nitrogens with one attached hydrogen (secondary N) is 1. The average Bonchev–Trinajstić information content (AvgIpc) is 3.48. The van der Waals surface area contributed by atoms with Crippen molar-refractivity contribution in [3.63, 3.8) is 0 Å². The molecule has 1 aliphatic rings. The van der Waals surface area contributed by atoms with E-state index in [4.69, 9.17) is 5.73 Å². The summed E-state index contributed by atoms with van der Waals surface area (Å²) in [4.78, 5) is 46.4. The Labute approximate surface area is 202 Å². The van der Waals surface area contributed by atoms with Crippen molar-refractivity contribution < 1.29 is 4.79 Å². The number of H-pyrrole nitrogens is 1. The summed E-state index contributed by atoms with van der Waals surface area (Å²) in [6.07, 6.45) is 2.02. The third-order valence-corrected chi connectivity index (χ3v) is 7.06. The smallest absolute Gasteiger partial charge is 0.330 e.